The molecule has 0 radical (unpaired) electrons. The van der Waals surface area contributed by atoms with Gasteiger partial charge < -0.3 is 0 Å². The molecule has 2 heteroatoms. The second-order valence-corrected chi connectivity index (χ2v) is 6.89. The molecule has 104 valence electrons. The van der Waals surface area contributed by atoms with E-state index >= 15 is 0 Å². The minimum atomic E-state index is -0.0267. The summed E-state index contributed by atoms with van der Waals surface area (Å²) >= 11 is 0. The third kappa shape index (κ3) is 2.21. The van der Waals surface area contributed by atoms with E-state index in [0.717, 1.165) is 0 Å². The predicted octanol–water partition coefficient (Wildman–Crippen LogP) is 3.84. The Hall–Kier alpha value is -0.860. The Balaban J connectivity index is 1.87. The lowest BCUT2D eigenvalue weighted by molar-refractivity contribution is -0.182. The third-order valence-corrected chi connectivity index (χ3v) is 5.15. The van der Waals surface area contributed by atoms with Crippen LogP contribution in [0.1, 0.15) is 45.1 Å². The molecule has 0 bridgehead atoms. The zero-order valence-electron chi connectivity index (χ0n) is 12.5. The summed E-state index contributed by atoms with van der Waals surface area (Å²) in [5, 5.41) is 2.12. The normalized spacial score (nSPS) is 38.1. The second-order valence-electron chi connectivity index (χ2n) is 6.89. The summed E-state index contributed by atoms with van der Waals surface area (Å²) in [6, 6.07) is 11.6. The van der Waals surface area contributed by atoms with E-state index in [9.17, 15) is 0 Å². The molecule has 1 aliphatic heterocycles. The smallest absolute Gasteiger partial charge is 0.0887 e. The molecule has 0 aromatic heterocycles. The van der Waals surface area contributed by atoms with Gasteiger partial charge in [-0.25, -0.2) is 0 Å². The van der Waals surface area contributed by atoms with Crippen molar-refractivity contribution in [2.24, 2.45) is 11.8 Å². The third-order valence-electron chi connectivity index (χ3n) is 5.15. The van der Waals surface area contributed by atoms with Crippen molar-refractivity contribution >= 4 is 0 Å². The average Bonchev–Trinajstić information content (AvgIpc) is 2.61. The van der Waals surface area contributed by atoms with Gasteiger partial charge in [0.25, 0.3) is 0 Å². The van der Waals surface area contributed by atoms with Gasteiger partial charge in [-0.1, -0.05) is 37.3 Å². The second kappa shape index (κ2) is 4.60. The minimum Gasteiger partial charge on any atom is -0.293 e. The fourth-order valence-corrected chi connectivity index (χ4v) is 4.33. The van der Waals surface area contributed by atoms with Crippen molar-refractivity contribution in [3.63, 3.8) is 0 Å². The van der Waals surface area contributed by atoms with E-state index in [-0.39, 0.29) is 5.60 Å². The van der Waals surface area contributed by atoms with E-state index in [0.29, 0.717) is 23.8 Å². The van der Waals surface area contributed by atoms with Gasteiger partial charge in [-0.2, -0.15) is 5.06 Å². The largest absolute Gasteiger partial charge is 0.293 e. The Kier molecular flexibility index (Phi) is 3.18. The molecule has 1 aromatic rings. The first-order valence-corrected chi connectivity index (χ1v) is 7.46. The first-order valence-electron chi connectivity index (χ1n) is 7.46. The van der Waals surface area contributed by atoms with E-state index in [1.54, 1.807) is 0 Å². The molecule has 0 N–H and O–H groups in total. The molecule has 2 nitrogen and oxygen atoms in total. The summed E-state index contributed by atoms with van der Waals surface area (Å²) in [4.78, 5) is 6.08. The molecule has 3 rings (SSSR count). The van der Waals surface area contributed by atoms with Crippen LogP contribution in [0.2, 0.25) is 0 Å². The maximum Gasteiger partial charge on any atom is 0.0887 e. The van der Waals surface area contributed by atoms with Crippen LogP contribution in [-0.2, 0) is 4.84 Å². The van der Waals surface area contributed by atoms with Crippen LogP contribution in [-0.4, -0.2) is 23.8 Å². The van der Waals surface area contributed by atoms with Gasteiger partial charge in [-0.15, -0.1) is 0 Å². The SMILES string of the molecule is CC1CC(c2ccccc2)CC2C1N(C)OC2(C)C. The minimum absolute atomic E-state index is 0.0267. The summed E-state index contributed by atoms with van der Waals surface area (Å²) < 4.78 is 0. The van der Waals surface area contributed by atoms with E-state index in [2.05, 4.69) is 63.2 Å². The standard InChI is InChI=1S/C17H25NO/c1-12-10-14(13-8-6-5-7-9-13)11-15-16(12)18(4)19-17(15,2)3/h5-9,12,14-16H,10-11H2,1-4H3. The van der Waals surface area contributed by atoms with Crippen molar-refractivity contribution in [1.29, 1.82) is 0 Å². The van der Waals surface area contributed by atoms with Gasteiger partial charge >= 0.3 is 0 Å². The molecule has 2 aliphatic rings. The van der Waals surface area contributed by atoms with Gasteiger partial charge in [0, 0.05) is 19.0 Å². The van der Waals surface area contributed by atoms with Crippen LogP contribution in [0.4, 0.5) is 0 Å². The Labute approximate surface area is 116 Å². The average molecular weight is 259 g/mol. The Morgan fingerprint density at radius 1 is 1.16 bits per heavy atom. The highest BCUT2D eigenvalue weighted by molar-refractivity contribution is 5.21. The molecule has 0 spiro atoms. The molecule has 1 saturated carbocycles. The van der Waals surface area contributed by atoms with Crippen molar-refractivity contribution in [3.05, 3.63) is 35.9 Å². The summed E-state index contributed by atoms with van der Waals surface area (Å²) in [6.07, 6.45) is 2.52. The quantitative estimate of drug-likeness (QED) is 0.759. The van der Waals surface area contributed by atoms with Crippen molar-refractivity contribution in [2.75, 3.05) is 7.05 Å². The maximum atomic E-state index is 6.08. The van der Waals surface area contributed by atoms with E-state index in [1.807, 2.05) is 0 Å². The molecular weight excluding hydrogens is 234 g/mol. The number of hydrogen-bond acceptors (Lipinski definition) is 2. The maximum absolute atomic E-state index is 6.08. The lowest BCUT2D eigenvalue weighted by Gasteiger charge is -2.40. The fourth-order valence-electron chi connectivity index (χ4n) is 4.33. The topological polar surface area (TPSA) is 12.5 Å². The summed E-state index contributed by atoms with van der Waals surface area (Å²) in [5.74, 6) is 2.01. The van der Waals surface area contributed by atoms with Gasteiger partial charge in [-0.05, 0) is 44.1 Å². The molecule has 1 aromatic carbocycles. The lowest BCUT2D eigenvalue weighted by atomic mass is 9.66. The predicted molar refractivity (Wildman–Crippen MR) is 77.8 cm³/mol. The molecule has 2 fully saturated rings. The van der Waals surface area contributed by atoms with E-state index < -0.39 is 0 Å². The van der Waals surface area contributed by atoms with E-state index in [1.165, 1.54) is 18.4 Å². The van der Waals surface area contributed by atoms with Gasteiger partial charge in [0.05, 0.1) is 5.60 Å². The van der Waals surface area contributed by atoms with Gasteiger partial charge in [0.1, 0.15) is 0 Å². The summed E-state index contributed by atoms with van der Waals surface area (Å²) in [5.41, 5.74) is 1.47. The molecule has 0 amide bonds. The molecule has 4 atom stereocenters. The summed E-state index contributed by atoms with van der Waals surface area (Å²) in [7, 11) is 2.10. The van der Waals surface area contributed by atoms with Crippen LogP contribution in [0.5, 0.6) is 0 Å². The van der Waals surface area contributed by atoms with Crippen molar-refractivity contribution in [2.45, 2.75) is 51.2 Å². The first-order chi connectivity index (χ1) is 8.99. The van der Waals surface area contributed by atoms with Crippen LogP contribution < -0.4 is 0 Å². The molecule has 1 saturated heterocycles. The molecule has 19 heavy (non-hydrogen) atoms. The van der Waals surface area contributed by atoms with Crippen LogP contribution >= 0.6 is 0 Å². The van der Waals surface area contributed by atoms with Gasteiger partial charge in [-0.3, -0.25) is 4.84 Å². The van der Waals surface area contributed by atoms with Crippen LogP contribution in [0.15, 0.2) is 30.3 Å². The van der Waals surface area contributed by atoms with Crippen LogP contribution in [0.3, 0.4) is 0 Å². The van der Waals surface area contributed by atoms with Crippen molar-refractivity contribution < 1.29 is 4.84 Å². The van der Waals surface area contributed by atoms with Crippen molar-refractivity contribution in [1.82, 2.24) is 5.06 Å². The number of fused-ring (bicyclic) bond motifs is 1. The van der Waals surface area contributed by atoms with Crippen molar-refractivity contribution in [3.8, 4) is 0 Å². The van der Waals surface area contributed by atoms with E-state index in [4.69, 9.17) is 4.84 Å². The number of rotatable bonds is 1. The number of hydroxylamine groups is 2. The van der Waals surface area contributed by atoms with Gasteiger partial charge in [0.15, 0.2) is 0 Å². The molecule has 4 unspecified atom stereocenters. The monoisotopic (exact) mass is 259 g/mol. The van der Waals surface area contributed by atoms with Crippen LogP contribution in [0.25, 0.3) is 0 Å². The fraction of sp³-hybridized carbons (Fsp3) is 0.647. The molecule has 1 aliphatic carbocycles. The highest BCUT2D eigenvalue weighted by atomic mass is 16.7. The Morgan fingerprint density at radius 3 is 2.53 bits per heavy atom. The lowest BCUT2D eigenvalue weighted by Crippen LogP contribution is -2.42. The highest BCUT2D eigenvalue weighted by Crippen LogP contribution is 2.50. The Morgan fingerprint density at radius 2 is 1.84 bits per heavy atom. The van der Waals surface area contributed by atoms with Gasteiger partial charge in [0.2, 0.25) is 0 Å². The number of nitrogens with zero attached hydrogens (tertiary/aromatic N) is 1. The zero-order chi connectivity index (χ0) is 13.6. The summed E-state index contributed by atoms with van der Waals surface area (Å²) in [6.45, 7) is 6.87. The first kappa shape index (κ1) is 13.1. The van der Waals surface area contributed by atoms with Crippen LogP contribution in [0, 0.1) is 11.8 Å². The number of benzene rings is 1. The molecular formula is C17H25NO. The number of hydrogen-bond donors (Lipinski definition) is 0. The molecule has 1 heterocycles. The Bertz CT molecular complexity index is 442. The highest BCUT2D eigenvalue weighted by Gasteiger charge is 2.52. The zero-order valence-corrected chi connectivity index (χ0v) is 12.5.